The molecule has 0 aliphatic rings. The molecular weight excluding hydrogens is 322 g/mol. The van der Waals surface area contributed by atoms with Crippen molar-refractivity contribution >= 4 is 23.1 Å². The van der Waals surface area contributed by atoms with Crippen molar-refractivity contribution in [1.29, 1.82) is 0 Å². The Hall–Kier alpha value is -1.15. The number of carboxylic acids is 1. The van der Waals surface area contributed by atoms with Gasteiger partial charge in [0.1, 0.15) is 5.60 Å². The molecule has 0 amide bonds. The maximum Gasteiger partial charge on any atom is 0.509 e. The third-order valence-corrected chi connectivity index (χ3v) is 4.27. The predicted molar refractivity (Wildman–Crippen MR) is 88.5 cm³/mol. The van der Waals surface area contributed by atoms with Crippen molar-refractivity contribution in [2.45, 2.75) is 83.8 Å². The number of hydrogen-bond acceptors (Lipinski definition) is 5. The molecule has 0 radical (unpaired) electrons. The average Bonchev–Trinajstić information content (AvgIpc) is 2.31. The van der Waals surface area contributed by atoms with Gasteiger partial charge in [0.2, 0.25) is 6.10 Å². The Kier molecular flexibility index (Phi) is 8.20. The summed E-state index contributed by atoms with van der Waals surface area (Å²) in [5, 5.41) is 9.36. The zero-order valence-corrected chi connectivity index (χ0v) is 15.8. The fourth-order valence-corrected chi connectivity index (χ4v) is 2.45. The lowest BCUT2D eigenvalue weighted by molar-refractivity contribution is -0.151. The van der Waals surface area contributed by atoms with E-state index in [0.717, 1.165) is 0 Å². The Labute approximate surface area is 140 Å². The summed E-state index contributed by atoms with van der Waals surface area (Å²) in [6, 6.07) is -0.773. The number of carbonyl (C=O) groups is 2. The third-order valence-electron chi connectivity index (χ3n) is 2.64. The number of nitrogens with one attached hydrogen (secondary N) is 1. The van der Waals surface area contributed by atoms with E-state index in [0.29, 0.717) is 12.8 Å². The van der Waals surface area contributed by atoms with E-state index in [-0.39, 0.29) is 0 Å². The number of rotatable bonds is 7. The maximum absolute atomic E-state index is 12.2. The van der Waals surface area contributed by atoms with Gasteiger partial charge in [0.15, 0.2) is 0 Å². The minimum absolute atomic E-state index is 0.390. The summed E-state index contributed by atoms with van der Waals surface area (Å²) < 4.78 is 24.4. The molecule has 0 aromatic heterocycles. The lowest BCUT2D eigenvalue weighted by atomic mass is 10.1. The van der Waals surface area contributed by atoms with Crippen molar-refractivity contribution in [3.05, 3.63) is 0 Å². The minimum Gasteiger partial charge on any atom is -0.478 e. The lowest BCUT2D eigenvalue weighted by Crippen LogP contribution is -2.50. The van der Waals surface area contributed by atoms with Crippen molar-refractivity contribution in [2.24, 2.45) is 0 Å². The molecule has 0 fully saturated rings. The number of ether oxygens (including phenoxy) is 2. The van der Waals surface area contributed by atoms with Crippen LogP contribution in [0.25, 0.3) is 0 Å². The van der Waals surface area contributed by atoms with E-state index >= 15 is 0 Å². The average molecular weight is 351 g/mol. The van der Waals surface area contributed by atoms with Crippen LogP contribution in [0.15, 0.2) is 0 Å². The van der Waals surface area contributed by atoms with Crippen LogP contribution in [-0.2, 0) is 25.3 Å². The van der Waals surface area contributed by atoms with Crippen LogP contribution in [0, 0.1) is 0 Å². The topological polar surface area (TPSA) is 102 Å². The normalized spacial score (nSPS) is 16.3. The number of carboxylic acid groups (broad SMARTS) is 1. The van der Waals surface area contributed by atoms with Crippen LogP contribution >= 0.6 is 0 Å². The zero-order chi connectivity index (χ0) is 18.4. The molecule has 8 heteroatoms. The summed E-state index contributed by atoms with van der Waals surface area (Å²) >= 11 is 0. The van der Waals surface area contributed by atoms with E-state index < -0.39 is 45.6 Å². The van der Waals surface area contributed by atoms with E-state index in [2.05, 4.69) is 4.72 Å². The summed E-state index contributed by atoms with van der Waals surface area (Å²) in [4.78, 5) is 23.2. The Balaban J connectivity index is 5.14. The maximum atomic E-state index is 12.2. The van der Waals surface area contributed by atoms with Crippen LogP contribution in [0.4, 0.5) is 4.79 Å². The molecular formula is C15H29NO6S. The molecule has 23 heavy (non-hydrogen) atoms. The van der Waals surface area contributed by atoms with Gasteiger partial charge in [-0.05, 0) is 48.0 Å². The van der Waals surface area contributed by atoms with Crippen molar-refractivity contribution < 1.29 is 28.4 Å². The third kappa shape index (κ3) is 8.90. The van der Waals surface area contributed by atoms with E-state index in [1.54, 1.807) is 41.5 Å². The second-order valence-corrected chi connectivity index (χ2v) is 9.23. The Morgan fingerprint density at radius 1 is 1.17 bits per heavy atom. The molecule has 0 saturated carbocycles. The molecule has 7 nitrogen and oxygen atoms in total. The second kappa shape index (κ2) is 8.63. The second-order valence-electron chi connectivity index (χ2n) is 7.24. The summed E-state index contributed by atoms with van der Waals surface area (Å²) in [6.45, 7) is 12.1. The van der Waals surface area contributed by atoms with Gasteiger partial charge in [-0.15, -0.1) is 0 Å². The first-order chi connectivity index (χ1) is 10.3. The summed E-state index contributed by atoms with van der Waals surface area (Å²) in [5.74, 6) is -1.31. The number of aliphatic carboxylic acids is 1. The highest BCUT2D eigenvalue weighted by Crippen LogP contribution is 2.16. The molecule has 3 atom stereocenters. The summed E-state index contributed by atoms with van der Waals surface area (Å²) in [5.41, 5.74) is -0.790. The molecule has 0 aromatic carbocycles. The van der Waals surface area contributed by atoms with Crippen molar-refractivity contribution in [2.75, 3.05) is 0 Å². The summed E-state index contributed by atoms with van der Waals surface area (Å²) in [6.07, 6.45) is -1.51. The fourth-order valence-electron chi connectivity index (χ4n) is 1.58. The first-order valence-corrected chi connectivity index (χ1v) is 8.73. The van der Waals surface area contributed by atoms with Gasteiger partial charge in [0.05, 0.1) is 21.8 Å². The molecule has 0 aromatic rings. The van der Waals surface area contributed by atoms with Gasteiger partial charge in [-0.3, -0.25) is 0 Å². The van der Waals surface area contributed by atoms with Crippen molar-refractivity contribution in [3.63, 3.8) is 0 Å². The Morgan fingerprint density at radius 3 is 2.04 bits per heavy atom. The molecule has 0 spiro atoms. The molecule has 0 rings (SSSR count). The Morgan fingerprint density at radius 2 is 1.70 bits per heavy atom. The first-order valence-electron chi connectivity index (χ1n) is 7.58. The predicted octanol–water partition coefficient (Wildman–Crippen LogP) is 2.61. The van der Waals surface area contributed by atoms with Gasteiger partial charge in [0, 0.05) is 0 Å². The monoisotopic (exact) mass is 351 g/mol. The van der Waals surface area contributed by atoms with Gasteiger partial charge in [-0.2, -0.15) is 0 Å². The van der Waals surface area contributed by atoms with Crippen LogP contribution in [0.2, 0.25) is 0 Å². The van der Waals surface area contributed by atoms with Crippen LogP contribution < -0.4 is 4.72 Å². The molecule has 0 unspecified atom stereocenters. The highest BCUT2D eigenvalue weighted by atomic mass is 32.2. The van der Waals surface area contributed by atoms with Crippen LogP contribution in [0.5, 0.6) is 0 Å². The van der Waals surface area contributed by atoms with Gasteiger partial charge in [-0.1, -0.05) is 13.3 Å². The highest BCUT2D eigenvalue weighted by molar-refractivity contribution is 7.84. The number of hydrogen-bond donors (Lipinski definition) is 2. The minimum atomic E-state index is -1.49. The van der Waals surface area contributed by atoms with Crippen LogP contribution in [0.3, 0.4) is 0 Å². The number of carbonyl (C=O) groups excluding carboxylic acids is 1. The smallest absolute Gasteiger partial charge is 0.478 e. The van der Waals surface area contributed by atoms with E-state index in [9.17, 15) is 18.9 Å². The van der Waals surface area contributed by atoms with Crippen LogP contribution in [-0.4, -0.2) is 43.9 Å². The van der Waals surface area contributed by atoms with Crippen molar-refractivity contribution in [1.82, 2.24) is 4.72 Å². The molecule has 136 valence electrons. The molecule has 2 N–H and O–H groups in total. The largest absolute Gasteiger partial charge is 0.509 e. The molecule has 0 saturated heterocycles. The Bertz CT molecular complexity index is 438. The molecule has 0 aliphatic carbocycles. The zero-order valence-electron chi connectivity index (χ0n) is 15.0. The van der Waals surface area contributed by atoms with E-state index in [1.807, 2.05) is 6.92 Å². The molecule has 0 aliphatic heterocycles. The molecule has 0 bridgehead atoms. The van der Waals surface area contributed by atoms with Crippen LogP contribution in [0.1, 0.15) is 61.3 Å². The van der Waals surface area contributed by atoms with Gasteiger partial charge < -0.3 is 14.6 Å². The van der Waals surface area contributed by atoms with E-state index in [1.165, 1.54) is 0 Å². The molecule has 0 heterocycles. The van der Waals surface area contributed by atoms with Gasteiger partial charge in [0.25, 0.3) is 0 Å². The standard InChI is InChI=1S/C15H29NO6S/c1-8-9-10(16-23(20)15(5,6)7)11(12(17)18)21-13(19)22-14(2,3)4/h10-11,16H,8-9H2,1-7H3,(H,17,18)/t10-,11+,23+/m1/s1. The van der Waals surface area contributed by atoms with Crippen molar-refractivity contribution in [3.8, 4) is 0 Å². The highest BCUT2D eigenvalue weighted by Gasteiger charge is 2.35. The van der Waals surface area contributed by atoms with Gasteiger partial charge in [-0.25, -0.2) is 18.5 Å². The first kappa shape index (κ1) is 21.9. The summed E-state index contributed by atoms with van der Waals surface area (Å²) in [7, 11) is -1.49. The SMILES string of the molecule is CCC[C@@H](N[S@@](=O)C(C)(C)C)[C@H](OC(=O)OC(C)(C)C)C(=O)O. The quantitative estimate of drug-likeness (QED) is 0.684. The van der Waals surface area contributed by atoms with E-state index in [4.69, 9.17) is 9.47 Å². The lowest BCUT2D eigenvalue weighted by Gasteiger charge is -2.28. The fraction of sp³-hybridized carbons (Fsp3) is 0.867. The van der Waals surface area contributed by atoms with Gasteiger partial charge >= 0.3 is 12.1 Å².